The number of anilines is 1. The minimum atomic E-state index is -1.25. The molecule has 0 saturated carbocycles. The fraction of sp³-hybridized carbons (Fsp3) is 0.188. The van der Waals surface area contributed by atoms with E-state index in [0.717, 1.165) is 13.0 Å². The van der Waals surface area contributed by atoms with E-state index in [9.17, 15) is 9.18 Å². The second-order valence-electron chi connectivity index (χ2n) is 4.98. The number of carboxylic acid groups (broad SMARTS) is 1. The van der Waals surface area contributed by atoms with Crippen LogP contribution in [0, 0.1) is 5.82 Å². The van der Waals surface area contributed by atoms with Crippen molar-refractivity contribution < 1.29 is 14.3 Å². The number of benzene rings is 2. The Balaban J connectivity index is 1.66. The highest BCUT2D eigenvalue weighted by Crippen LogP contribution is 2.34. The van der Waals surface area contributed by atoms with Crippen LogP contribution in [0.3, 0.4) is 0 Å². The third kappa shape index (κ3) is 2.25. The lowest BCUT2D eigenvalue weighted by atomic mass is 9.77. The van der Waals surface area contributed by atoms with Gasteiger partial charge < -0.3 is 10.4 Å². The highest BCUT2D eigenvalue weighted by Gasteiger charge is 2.24. The van der Waals surface area contributed by atoms with Crippen molar-refractivity contribution in [3.63, 3.8) is 0 Å². The molecule has 0 aliphatic heterocycles. The predicted octanol–water partition coefficient (Wildman–Crippen LogP) is 3.28. The summed E-state index contributed by atoms with van der Waals surface area (Å²) in [5, 5.41) is 11.9. The number of rotatable bonds is 4. The lowest BCUT2D eigenvalue weighted by Gasteiger charge is -2.30. The molecule has 0 fully saturated rings. The first-order valence-electron chi connectivity index (χ1n) is 6.49. The van der Waals surface area contributed by atoms with Crippen molar-refractivity contribution in [1.29, 1.82) is 0 Å². The maximum absolute atomic E-state index is 13.5. The van der Waals surface area contributed by atoms with Gasteiger partial charge in [-0.3, -0.25) is 0 Å². The average molecular weight is 271 g/mol. The standard InChI is InChI=1S/C16H14FNO2/c17-15-8-12(5-6-14(15)16(19)20)18-9-11-7-10-3-1-2-4-13(10)11/h1-6,8,11,18H,7,9H2,(H,19,20). The van der Waals surface area contributed by atoms with Gasteiger partial charge in [-0.15, -0.1) is 0 Å². The number of hydrogen-bond donors (Lipinski definition) is 2. The van der Waals surface area contributed by atoms with Crippen molar-refractivity contribution in [2.75, 3.05) is 11.9 Å². The Morgan fingerprint density at radius 2 is 2.10 bits per heavy atom. The summed E-state index contributed by atoms with van der Waals surface area (Å²) >= 11 is 0. The van der Waals surface area contributed by atoms with Gasteiger partial charge in [-0.05, 0) is 35.7 Å². The van der Waals surface area contributed by atoms with E-state index in [2.05, 4.69) is 17.4 Å². The molecule has 2 aromatic rings. The highest BCUT2D eigenvalue weighted by atomic mass is 19.1. The fourth-order valence-electron chi connectivity index (χ4n) is 2.58. The lowest BCUT2D eigenvalue weighted by molar-refractivity contribution is 0.0692. The molecule has 4 heteroatoms. The summed E-state index contributed by atoms with van der Waals surface area (Å²) in [7, 11) is 0. The van der Waals surface area contributed by atoms with Gasteiger partial charge in [-0.25, -0.2) is 9.18 Å². The first-order chi connectivity index (χ1) is 9.65. The van der Waals surface area contributed by atoms with Crippen molar-refractivity contribution in [1.82, 2.24) is 0 Å². The summed E-state index contributed by atoms with van der Waals surface area (Å²) in [6.45, 7) is 0.725. The monoisotopic (exact) mass is 271 g/mol. The van der Waals surface area contributed by atoms with Gasteiger partial charge in [-0.1, -0.05) is 24.3 Å². The number of hydrogen-bond acceptors (Lipinski definition) is 2. The van der Waals surface area contributed by atoms with Gasteiger partial charge in [0.15, 0.2) is 0 Å². The zero-order valence-corrected chi connectivity index (χ0v) is 10.8. The Morgan fingerprint density at radius 3 is 2.80 bits per heavy atom. The van der Waals surface area contributed by atoms with Crippen LogP contribution in [0.15, 0.2) is 42.5 Å². The van der Waals surface area contributed by atoms with Crippen LogP contribution in [0.1, 0.15) is 27.4 Å². The molecule has 3 nitrogen and oxygen atoms in total. The molecule has 0 bridgehead atoms. The Hall–Kier alpha value is -2.36. The van der Waals surface area contributed by atoms with Crippen LogP contribution in [0.2, 0.25) is 0 Å². The third-order valence-electron chi connectivity index (χ3n) is 3.71. The lowest BCUT2D eigenvalue weighted by Crippen LogP contribution is -2.24. The maximum Gasteiger partial charge on any atom is 0.338 e. The summed E-state index contributed by atoms with van der Waals surface area (Å²) in [4.78, 5) is 10.7. The van der Waals surface area contributed by atoms with E-state index in [-0.39, 0.29) is 5.56 Å². The molecule has 102 valence electrons. The molecule has 20 heavy (non-hydrogen) atoms. The van der Waals surface area contributed by atoms with Crippen molar-refractivity contribution in [3.8, 4) is 0 Å². The first-order valence-corrected chi connectivity index (χ1v) is 6.49. The smallest absolute Gasteiger partial charge is 0.338 e. The first kappa shape index (κ1) is 12.7. The van der Waals surface area contributed by atoms with E-state index in [4.69, 9.17) is 5.11 Å². The summed E-state index contributed by atoms with van der Waals surface area (Å²) in [6.07, 6.45) is 1.03. The van der Waals surface area contributed by atoms with Crippen LogP contribution in [-0.4, -0.2) is 17.6 Å². The minimum absolute atomic E-state index is 0.301. The molecule has 1 atom stereocenters. The van der Waals surface area contributed by atoms with E-state index in [1.54, 1.807) is 6.07 Å². The van der Waals surface area contributed by atoms with Gasteiger partial charge in [0.25, 0.3) is 0 Å². The molecule has 1 aliphatic rings. The van der Waals surface area contributed by atoms with Gasteiger partial charge in [0.1, 0.15) is 5.82 Å². The van der Waals surface area contributed by atoms with E-state index < -0.39 is 11.8 Å². The van der Waals surface area contributed by atoms with E-state index in [0.29, 0.717) is 11.6 Å². The van der Waals surface area contributed by atoms with Crippen LogP contribution in [0.25, 0.3) is 0 Å². The molecule has 2 N–H and O–H groups in total. The Kier molecular flexibility index (Phi) is 3.14. The topological polar surface area (TPSA) is 49.3 Å². The zero-order chi connectivity index (χ0) is 14.1. The molecule has 0 saturated heterocycles. The Bertz CT molecular complexity index is 669. The van der Waals surface area contributed by atoms with Gasteiger partial charge in [0, 0.05) is 18.2 Å². The SMILES string of the molecule is O=C(O)c1ccc(NCC2Cc3ccccc32)cc1F. The van der Waals surface area contributed by atoms with E-state index in [1.807, 2.05) is 12.1 Å². The van der Waals surface area contributed by atoms with Crippen LogP contribution in [0.5, 0.6) is 0 Å². The van der Waals surface area contributed by atoms with E-state index in [1.165, 1.54) is 23.3 Å². The maximum atomic E-state index is 13.5. The number of carboxylic acids is 1. The number of carbonyl (C=O) groups is 1. The molecule has 3 rings (SSSR count). The summed E-state index contributed by atoms with van der Waals surface area (Å²) < 4.78 is 13.5. The van der Waals surface area contributed by atoms with E-state index >= 15 is 0 Å². The second-order valence-corrected chi connectivity index (χ2v) is 4.98. The quantitative estimate of drug-likeness (QED) is 0.897. The summed E-state index contributed by atoms with van der Waals surface area (Å²) in [6, 6.07) is 12.4. The number of aromatic carboxylic acids is 1. The van der Waals surface area contributed by atoms with Crippen LogP contribution in [-0.2, 0) is 6.42 Å². The van der Waals surface area contributed by atoms with Crippen LogP contribution >= 0.6 is 0 Å². The second kappa shape index (κ2) is 4.96. The fourth-order valence-corrected chi connectivity index (χ4v) is 2.58. The summed E-state index contributed by atoms with van der Waals surface area (Å²) in [5.74, 6) is -1.52. The Labute approximate surface area is 116 Å². The highest BCUT2D eigenvalue weighted by molar-refractivity contribution is 5.88. The minimum Gasteiger partial charge on any atom is -0.478 e. The Morgan fingerprint density at radius 1 is 1.30 bits per heavy atom. The van der Waals surface area contributed by atoms with Crippen molar-refractivity contribution in [2.45, 2.75) is 12.3 Å². The third-order valence-corrected chi connectivity index (χ3v) is 3.71. The molecule has 0 spiro atoms. The normalized spacial score (nSPS) is 16.1. The molecule has 0 aromatic heterocycles. The molecule has 2 aromatic carbocycles. The zero-order valence-electron chi connectivity index (χ0n) is 10.8. The number of fused-ring (bicyclic) bond motifs is 1. The average Bonchev–Trinajstić information content (AvgIpc) is 2.39. The molecular formula is C16H14FNO2. The molecule has 0 heterocycles. The number of nitrogens with one attached hydrogen (secondary N) is 1. The molecule has 1 aliphatic carbocycles. The molecular weight excluding hydrogens is 257 g/mol. The predicted molar refractivity (Wildman–Crippen MR) is 74.7 cm³/mol. The van der Waals surface area contributed by atoms with Crippen molar-refractivity contribution in [3.05, 3.63) is 65.0 Å². The van der Waals surface area contributed by atoms with Crippen LogP contribution in [0.4, 0.5) is 10.1 Å². The van der Waals surface area contributed by atoms with Crippen molar-refractivity contribution in [2.24, 2.45) is 0 Å². The number of halogens is 1. The molecule has 0 amide bonds. The summed E-state index contributed by atoms with van der Waals surface area (Å²) in [5.41, 5.74) is 3.01. The van der Waals surface area contributed by atoms with Gasteiger partial charge in [-0.2, -0.15) is 0 Å². The largest absolute Gasteiger partial charge is 0.478 e. The van der Waals surface area contributed by atoms with Gasteiger partial charge in [0.05, 0.1) is 5.56 Å². The van der Waals surface area contributed by atoms with Crippen LogP contribution < -0.4 is 5.32 Å². The molecule has 0 radical (unpaired) electrons. The van der Waals surface area contributed by atoms with Crippen molar-refractivity contribution >= 4 is 11.7 Å². The molecule has 1 unspecified atom stereocenters. The van der Waals surface area contributed by atoms with Gasteiger partial charge >= 0.3 is 5.97 Å². The van der Waals surface area contributed by atoms with Gasteiger partial charge in [0.2, 0.25) is 0 Å².